The number of rotatable bonds is 20. The summed E-state index contributed by atoms with van der Waals surface area (Å²) in [7, 11) is 0. The van der Waals surface area contributed by atoms with E-state index in [1.165, 1.54) is 101 Å². The monoisotopic (exact) mass is 505 g/mol. The summed E-state index contributed by atoms with van der Waals surface area (Å²) in [5.74, 6) is 0.886. The maximum atomic E-state index is 5.96. The largest absolute Gasteiger partial charge is 0.492 e. The SMILES string of the molecule is CCCCCCCCCCCC1=CC(=Cc2[nH]c(-c3ccc[nH]3)cc2OCC)N=C1CCCCCCC. The lowest BCUT2D eigenvalue weighted by Crippen LogP contribution is -2.00. The van der Waals surface area contributed by atoms with Gasteiger partial charge in [0.15, 0.2) is 0 Å². The van der Waals surface area contributed by atoms with Gasteiger partial charge in [0.25, 0.3) is 0 Å². The van der Waals surface area contributed by atoms with Crippen LogP contribution in [-0.4, -0.2) is 22.3 Å². The Balaban J connectivity index is 1.62. The maximum absolute atomic E-state index is 5.96. The molecule has 3 rings (SSSR count). The van der Waals surface area contributed by atoms with E-state index >= 15 is 0 Å². The van der Waals surface area contributed by atoms with Crippen LogP contribution in [0.4, 0.5) is 0 Å². The van der Waals surface area contributed by atoms with Crippen molar-refractivity contribution in [3.63, 3.8) is 0 Å². The molecule has 37 heavy (non-hydrogen) atoms. The van der Waals surface area contributed by atoms with Gasteiger partial charge in [-0.15, -0.1) is 0 Å². The molecule has 4 heteroatoms. The van der Waals surface area contributed by atoms with Crippen molar-refractivity contribution in [2.24, 2.45) is 4.99 Å². The maximum Gasteiger partial charge on any atom is 0.144 e. The van der Waals surface area contributed by atoms with Gasteiger partial charge in [-0.25, -0.2) is 0 Å². The highest BCUT2D eigenvalue weighted by molar-refractivity contribution is 6.04. The first kappa shape index (κ1) is 29.1. The van der Waals surface area contributed by atoms with Gasteiger partial charge in [-0.05, 0) is 62.5 Å². The molecule has 0 fully saturated rings. The summed E-state index contributed by atoms with van der Waals surface area (Å²) in [6.07, 6.45) is 27.5. The number of hydrogen-bond donors (Lipinski definition) is 2. The van der Waals surface area contributed by atoms with E-state index in [1.807, 2.05) is 19.2 Å². The molecule has 204 valence electrons. The number of nitrogens with zero attached hydrogens (tertiary/aromatic N) is 1. The van der Waals surface area contributed by atoms with E-state index in [9.17, 15) is 0 Å². The fraction of sp³-hybridized carbons (Fsp3) is 0.606. The van der Waals surface area contributed by atoms with Gasteiger partial charge in [0.1, 0.15) is 5.75 Å². The van der Waals surface area contributed by atoms with Gasteiger partial charge < -0.3 is 14.7 Å². The molecule has 0 unspecified atom stereocenters. The Labute approximate surface area is 226 Å². The zero-order valence-electron chi connectivity index (χ0n) is 23.8. The van der Waals surface area contributed by atoms with Crippen molar-refractivity contribution in [3.05, 3.63) is 47.4 Å². The van der Waals surface area contributed by atoms with Gasteiger partial charge in [0, 0.05) is 18.0 Å². The van der Waals surface area contributed by atoms with Crippen molar-refractivity contribution in [3.8, 4) is 17.1 Å². The number of unbranched alkanes of at least 4 members (excludes halogenated alkanes) is 12. The van der Waals surface area contributed by atoms with Crippen LogP contribution in [0.25, 0.3) is 17.5 Å². The molecular formula is C33H51N3O. The summed E-state index contributed by atoms with van der Waals surface area (Å²) in [4.78, 5) is 11.9. The second kappa shape index (κ2) is 17.1. The van der Waals surface area contributed by atoms with E-state index < -0.39 is 0 Å². The summed E-state index contributed by atoms with van der Waals surface area (Å²) in [6.45, 7) is 7.25. The Bertz CT molecular complexity index is 977. The molecule has 0 atom stereocenters. The molecule has 2 N–H and O–H groups in total. The average Bonchev–Trinajstić information content (AvgIpc) is 3.64. The number of allylic oxidation sites excluding steroid dienone is 2. The van der Waals surface area contributed by atoms with Crippen LogP contribution in [0.5, 0.6) is 5.75 Å². The molecule has 0 aliphatic carbocycles. The van der Waals surface area contributed by atoms with E-state index in [4.69, 9.17) is 9.73 Å². The summed E-state index contributed by atoms with van der Waals surface area (Å²) in [5, 5.41) is 0. The predicted molar refractivity (Wildman–Crippen MR) is 160 cm³/mol. The number of ether oxygens (including phenoxy) is 1. The molecule has 0 radical (unpaired) electrons. The van der Waals surface area contributed by atoms with Gasteiger partial charge in [-0.3, -0.25) is 4.99 Å². The summed E-state index contributed by atoms with van der Waals surface area (Å²) < 4.78 is 5.96. The highest BCUT2D eigenvalue weighted by Crippen LogP contribution is 2.31. The minimum absolute atomic E-state index is 0.643. The van der Waals surface area contributed by atoms with Crippen LogP contribution in [0.15, 0.2) is 46.7 Å². The fourth-order valence-corrected chi connectivity index (χ4v) is 5.18. The Morgan fingerprint density at radius 1 is 0.784 bits per heavy atom. The second-order valence-electron chi connectivity index (χ2n) is 10.5. The molecule has 0 spiro atoms. The molecule has 3 heterocycles. The van der Waals surface area contributed by atoms with Crippen molar-refractivity contribution >= 4 is 11.8 Å². The van der Waals surface area contributed by atoms with Gasteiger partial charge >= 0.3 is 0 Å². The second-order valence-corrected chi connectivity index (χ2v) is 10.5. The smallest absolute Gasteiger partial charge is 0.144 e. The highest BCUT2D eigenvalue weighted by atomic mass is 16.5. The van der Waals surface area contributed by atoms with Crippen molar-refractivity contribution in [1.29, 1.82) is 0 Å². The van der Waals surface area contributed by atoms with Gasteiger partial charge in [0.2, 0.25) is 0 Å². The van der Waals surface area contributed by atoms with E-state index in [-0.39, 0.29) is 0 Å². The van der Waals surface area contributed by atoms with Crippen molar-refractivity contribution in [2.45, 2.75) is 124 Å². The third-order valence-corrected chi connectivity index (χ3v) is 7.31. The lowest BCUT2D eigenvalue weighted by Gasteiger charge is -2.07. The number of nitrogens with one attached hydrogen (secondary N) is 2. The van der Waals surface area contributed by atoms with Crippen molar-refractivity contribution in [1.82, 2.24) is 9.97 Å². The minimum Gasteiger partial charge on any atom is -0.492 e. The number of aromatic nitrogens is 2. The number of H-pyrrole nitrogens is 2. The minimum atomic E-state index is 0.643. The Kier molecular flexibility index (Phi) is 13.4. The normalized spacial score (nSPS) is 14.4. The standard InChI is InChI=1S/C33H51N3O/c1-4-7-9-11-12-13-14-16-17-20-27-24-28(35-29(27)21-18-15-10-8-5-2)25-32-33(37-6-3)26-31(36-32)30-22-19-23-34-30/h19,22-26,34,36H,4-18,20-21H2,1-3H3. The molecule has 0 amide bonds. The summed E-state index contributed by atoms with van der Waals surface area (Å²) in [6, 6.07) is 6.18. The van der Waals surface area contributed by atoms with Crippen LogP contribution in [0.1, 0.15) is 129 Å². The van der Waals surface area contributed by atoms with Gasteiger partial charge in [0.05, 0.1) is 29.4 Å². The third-order valence-electron chi connectivity index (χ3n) is 7.31. The number of aliphatic imine (C=N–C) groups is 1. The predicted octanol–water partition coefficient (Wildman–Crippen LogP) is 10.4. The van der Waals surface area contributed by atoms with Crippen LogP contribution in [0, 0.1) is 0 Å². The lowest BCUT2D eigenvalue weighted by atomic mass is 9.98. The van der Waals surface area contributed by atoms with Crippen LogP contribution in [0.3, 0.4) is 0 Å². The molecule has 2 aromatic rings. The van der Waals surface area contributed by atoms with E-state index in [2.05, 4.69) is 48.1 Å². The molecule has 0 bridgehead atoms. The molecule has 0 saturated carbocycles. The van der Waals surface area contributed by atoms with Crippen LogP contribution < -0.4 is 4.74 Å². The summed E-state index contributed by atoms with van der Waals surface area (Å²) >= 11 is 0. The van der Waals surface area contributed by atoms with Crippen molar-refractivity contribution < 1.29 is 4.74 Å². The first-order valence-corrected chi connectivity index (χ1v) is 15.2. The van der Waals surface area contributed by atoms with Crippen LogP contribution in [-0.2, 0) is 0 Å². The Morgan fingerprint density at radius 3 is 2.05 bits per heavy atom. The van der Waals surface area contributed by atoms with E-state index in [0.717, 1.165) is 41.4 Å². The zero-order chi connectivity index (χ0) is 26.1. The molecule has 1 aliphatic heterocycles. The Hall–Kier alpha value is -2.49. The third kappa shape index (κ3) is 10.1. The molecule has 0 saturated heterocycles. The van der Waals surface area contributed by atoms with E-state index in [0.29, 0.717) is 6.61 Å². The number of hydrogen-bond acceptors (Lipinski definition) is 2. The first-order chi connectivity index (χ1) is 18.2. The zero-order valence-corrected chi connectivity index (χ0v) is 23.8. The van der Waals surface area contributed by atoms with Gasteiger partial charge in [-0.1, -0.05) is 90.9 Å². The number of aromatic amines is 2. The molecule has 4 nitrogen and oxygen atoms in total. The lowest BCUT2D eigenvalue weighted by molar-refractivity contribution is 0.340. The van der Waals surface area contributed by atoms with Gasteiger partial charge in [-0.2, -0.15) is 0 Å². The Morgan fingerprint density at radius 2 is 1.43 bits per heavy atom. The molecule has 1 aliphatic rings. The summed E-state index contributed by atoms with van der Waals surface area (Å²) in [5.41, 5.74) is 6.92. The molecular weight excluding hydrogens is 454 g/mol. The molecule has 0 aromatic carbocycles. The average molecular weight is 506 g/mol. The quantitative estimate of drug-likeness (QED) is 0.173. The van der Waals surface area contributed by atoms with Crippen LogP contribution in [0.2, 0.25) is 0 Å². The fourth-order valence-electron chi connectivity index (χ4n) is 5.18. The molecule has 2 aromatic heterocycles. The van der Waals surface area contributed by atoms with E-state index in [1.54, 1.807) is 0 Å². The van der Waals surface area contributed by atoms with Crippen molar-refractivity contribution in [2.75, 3.05) is 6.61 Å². The van der Waals surface area contributed by atoms with Crippen LogP contribution >= 0.6 is 0 Å². The highest BCUT2D eigenvalue weighted by Gasteiger charge is 2.17. The topological polar surface area (TPSA) is 53.2 Å². The first-order valence-electron chi connectivity index (χ1n) is 15.2.